The van der Waals surface area contributed by atoms with Gasteiger partial charge in [0.2, 0.25) is 0 Å². The van der Waals surface area contributed by atoms with Crippen LogP contribution < -0.4 is 10.1 Å². The van der Waals surface area contributed by atoms with E-state index in [-0.39, 0.29) is 11.6 Å². The predicted octanol–water partition coefficient (Wildman–Crippen LogP) is 5.12. The molecule has 3 nitrogen and oxygen atoms in total. The minimum Gasteiger partial charge on any atom is -0.491 e. The van der Waals surface area contributed by atoms with Crippen molar-refractivity contribution in [2.45, 2.75) is 45.8 Å². The molecule has 0 aliphatic rings. The molecule has 1 unspecified atom stereocenters. The fourth-order valence-electron chi connectivity index (χ4n) is 2.10. The standard InChI is InChI=1S/C15H23BrClNO2/c1-6-20-14-12(16)7-11(17)8-13(14)18-10(2)9-15(3,4)19-5/h7-8,10,18H,6,9H2,1-5H3. The Morgan fingerprint density at radius 2 is 2.05 bits per heavy atom. The molecule has 1 atom stereocenters. The summed E-state index contributed by atoms with van der Waals surface area (Å²) in [7, 11) is 1.73. The summed E-state index contributed by atoms with van der Waals surface area (Å²) in [5.74, 6) is 0.791. The lowest BCUT2D eigenvalue weighted by Crippen LogP contribution is -2.31. The van der Waals surface area contributed by atoms with Gasteiger partial charge in [-0.1, -0.05) is 11.6 Å². The van der Waals surface area contributed by atoms with Gasteiger partial charge in [0.1, 0.15) is 0 Å². The zero-order valence-electron chi connectivity index (χ0n) is 12.7. The third kappa shape index (κ3) is 5.15. The maximum absolute atomic E-state index is 6.12. The van der Waals surface area contributed by atoms with Gasteiger partial charge in [-0.2, -0.15) is 0 Å². The van der Waals surface area contributed by atoms with E-state index < -0.39 is 0 Å². The van der Waals surface area contributed by atoms with Crippen molar-refractivity contribution in [1.29, 1.82) is 0 Å². The first-order valence-corrected chi connectivity index (χ1v) is 7.89. The van der Waals surface area contributed by atoms with Crippen molar-refractivity contribution in [3.05, 3.63) is 21.6 Å². The van der Waals surface area contributed by atoms with Gasteiger partial charge in [-0.05, 0) is 62.2 Å². The highest BCUT2D eigenvalue weighted by Crippen LogP contribution is 2.37. The normalized spacial score (nSPS) is 13.2. The molecule has 1 aromatic rings. The Balaban J connectivity index is 2.90. The SMILES string of the molecule is CCOc1c(Br)cc(Cl)cc1NC(C)CC(C)(C)OC. The Morgan fingerprint density at radius 1 is 1.40 bits per heavy atom. The molecule has 5 heteroatoms. The number of halogens is 2. The van der Waals surface area contributed by atoms with E-state index in [0.29, 0.717) is 11.6 Å². The number of benzene rings is 1. The molecule has 1 N–H and O–H groups in total. The summed E-state index contributed by atoms with van der Waals surface area (Å²) < 4.78 is 12.0. The van der Waals surface area contributed by atoms with E-state index in [9.17, 15) is 0 Å². The summed E-state index contributed by atoms with van der Waals surface area (Å²) in [5.41, 5.74) is 0.721. The molecular weight excluding hydrogens is 342 g/mol. The van der Waals surface area contributed by atoms with Crippen molar-refractivity contribution in [2.75, 3.05) is 19.0 Å². The van der Waals surface area contributed by atoms with Gasteiger partial charge in [0, 0.05) is 18.2 Å². The van der Waals surface area contributed by atoms with Crippen molar-refractivity contribution in [2.24, 2.45) is 0 Å². The second-order valence-corrected chi connectivity index (χ2v) is 6.70. The zero-order valence-corrected chi connectivity index (χ0v) is 15.1. The first kappa shape index (κ1) is 17.6. The van der Waals surface area contributed by atoms with Crippen LogP contribution in [0.3, 0.4) is 0 Å². The first-order valence-electron chi connectivity index (χ1n) is 6.72. The molecule has 0 aromatic heterocycles. The molecule has 0 heterocycles. The monoisotopic (exact) mass is 363 g/mol. The number of rotatable bonds is 7. The number of hydrogen-bond donors (Lipinski definition) is 1. The van der Waals surface area contributed by atoms with E-state index in [1.807, 2.05) is 19.1 Å². The molecule has 20 heavy (non-hydrogen) atoms. The summed E-state index contributed by atoms with van der Waals surface area (Å²) in [6.07, 6.45) is 0.874. The fourth-order valence-corrected chi connectivity index (χ4v) is 3.02. The smallest absolute Gasteiger partial charge is 0.156 e. The number of anilines is 1. The van der Waals surface area contributed by atoms with Gasteiger partial charge in [0.05, 0.1) is 22.4 Å². The Kier molecular flexibility index (Phi) is 6.62. The van der Waals surface area contributed by atoms with Crippen LogP contribution >= 0.6 is 27.5 Å². The number of methoxy groups -OCH3 is 1. The van der Waals surface area contributed by atoms with Crippen molar-refractivity contribution < 1.29 is 9.47 Å². The van der Waals surface area contributed by atoms with Crippen molar-refractivity contribution in [3.63, 3.8) is 0 Å². The molecule has 0 spiro atoms. The minimum atomic E-state index is -0.173. The quantitative estimate of drug-likeness (QED) is 0.728. The number of ether oxygens (including phenoxy) is 2. The van der Waals surface area contributed by atoms with Crippen LogP contribution in [0, 0.1) is 0 Å². The van der Waals surface area contributed by atoms with Crippen LogP contribution in [0.25, 0.3) is 0 Å². The molecule has 0 aliphatic carbocycles. The van der Waals surface area contributed by atoms with Crippen LogP contribution in [0.1, 0.15) is 34.1 Å². The van der Waals surface area contributed by atoms with Crippen LogP contribution in [0.15, 0.2) is 16.6 Å². The Labute approximate surface area is 135 Å². The van der Waals surface area contributed by atoms with Gasteiger partial charge in [-0.25, -0.2) is 0 Å². The minimum absolute atomic E-state index is 0.173. The van der Waals surface area contributed by atoms with Gasteiger partial charge < -0.3 is 14.8 Å². The highest BCUT2D eigenvalue weighted by Gasteiger charge is 2.21. The lowest BCUT2D eigenvalue weighted by Gasteiger charge is -2.28. The van der Waals surface area contributed by atoms with Crippen LogP contribution in [0.2, 0.25) is 5.02 Å². The third-order valence-corrected chi connectivity index (χ3v) is 3.86. The first-order chi connectivity index (χ1) is 9.29. The number of hydrogen-bond acceptors (Lipinski definition) is 3. The van der Waals surface area contributed by atoms with Gasteiger partial charge in [-0.15, -0.1) is 0 Å². The van der Waals surface area contributed by atoms with Crippen molar-refractivity contribution in [1.82, 2.24) is 0 Å². The topological polar surface area (TPSA) is 30.5 Å². The zero-order chi connectivity index (χ0) is 15.3. The van der Waals surface area contributed by atoms with Crippen molar-refractivity contribution >= 4 is 33.2 Å². The predicted molar refractivity (Wildman–Crippen MR) is 89.1 cm³/mol. The maximum atomic E-state index is 6.12. The largest absolute Gasteiger partial charge is 0.491 e. The third-order valence-electron chi connectivity index (χ3n) is 3.05. The Hall–Kier alpha value is -0.450. The van der Waals surface area contributed by atoms with Gasteiger partial charge in [0.25, 0.3) is 0 Å². The molecule has 0 saturated carbocycles. The molecule has 1 rings (SSSR count). The number of nitrogens with one attached hydrogen (secondary N) is 1. The van der Waals surface area contributed by atoms with Gasteiger partial charge >= 0.3 is 0 Å². The summed E-state index contributed by atoms with van der Waals surface area (Å²) in [4.78, 5) is 0. The van der Waals surface area contributed by atoms with Crippen LogP contribution in [0.5, 0.6) is 5.75 Å². The van der Waals surface area contributed by atoms with Crippen LogP contribution in [-0.4, -0.2) is 25.4 Å². The molecule has 1 aromatic carbocycles. The van der Waals surface area contributed by atoms with E-state index in [2.05, 4.69) is 42.0 Å². The molecule has 0 aliphatic heterocycles. The van der Waals surface area contributed by atoms with Crippen LogP contribution in [-0.2, 0) is 4.74 Å². The lowest BCUT2D eigenvalue weighted by molar-refractivity contribution is 0.0128. The van der Waals surface area contributed by atoms with Crippen LogP contribution in [0.4, 0.5) is 5.69 Å². The second-order valence-electron chi connectivity index (χ2n) is 5.41. The molecule has 0 bridgehead atoms. The van der Waals surface area contributed by atoms with E-state index >= 15 is 0 Å². The van der Waals surface area contributed by atoms with E-state index in [1.165, 1.54) is 0 Å². The average molecular weight is 365 g/mol. The van der Waals surface area contributed by atoms with Gasteiger partial charge in [0.15, 0.2) is 5.75 Å². The summed E-state index contributed by atoms with van der Waals surface area (Å²) in [6, 6.07) is 3.95. The van der Waals surface area contributed by atoms with Gasteiger partial charge in [-0.3, -0.25) is 0 Å². The summed E-state index contributed by atoms with van der Waals surface area (Å²) in [6.45, 7) is 8.82. The molecule has 0 fully saturated rings. The molecular formula is C15H23BrClNO2. The van der Waals surface area contributed by atoms with E-state index in [0.717, 1.165) is 22.3 Å². The van der Waals surface area contributed by atoms with Crippen molar-refractivity contribution in [3.8, 4) is 5.75 Å². The average Bonchev–Trinajstić information content (AvgIpc) is 2.32. The lowest BCUT2D eigenvalue weighted by atomic mass is 9.99. The van der Waals surface area contributed by atoms with E-state index in [4.69, 9.17) is 21.1 Å². The molecule has 0 radical (unpaired) electrons. The summed E-state index contributed by atoms with van der Waals surface area (Å²) >= 11 is 9.61. The Morgan fingerprint density at radius 3 is 2.60 bits per heavy atom. The summed E-state index contributed by atoms with van der Waals surface area (Å²) in [5, 5.41) is 4.12. The second kappa shape index (κ2) is 7.53. The fraction of sp³-hybridized carbons (Fsp3) is 0.600. The highest BCUT2D eigenvalue weighted by atomic mass is 79.9. The molecule has 0 amide bonds. The van der Waals surface area contributed by atoms with E-state index in [1.54, 1.807) is 7.11 Å². The molecule has 0 saturated heterocycles. The Bertz CT molecular complexity index is 452. The highest BCUT2D eigenvalue weighted by molar-refractivity contribution is 9.10. The molecule has 114 valence electrons. The maximum Gasteiger partial charge on any atom is 0.156 e.